The number of halogens is 1. The fourth-order valence-corrected chi connectivity index (χ4v) is 3.37. The van der Waals surface area contributed by atoms with Crippen molar-refractivity contribution >= 4 is 34.5 Å². The summed E-state index contributed by atoms with van der Waals surface area (Å²) in [5, 5.41) is 9.38. The van der Waals surface area contributed by atoms with Crippen LogP contribution in [-0.4, -0.2) is 37.1 Å². The molecule has 2 aromatic heterocycles. The Morgan fingerprint density at radius 3 is 2.79 bits per heavy atom. The molecule has 1 aliphatic carbocycles. The van der Waals surface area contributed by atoms with Crippen molar-refractivity contribution in [2.75, 3.05) is 12.0 Å². The van der Waals surface area contributed by atoms with E-state index in [0.717, 1.165) is 12.0 Å². The van der Waals surface area contributed by atoms with Crippen LogP contribution >= 0.6 is 11.6 Å². The van der Waals surface area contributed by atoms with Crippen molar-refractivity contribution in [2.24, 2.45) is 5.92 Å². The van der Waals surface area contributed by atoms with E-state index in [1.165, 1.54) is 0 Å². The van der Waals surface area contributed by atoms with Gasteiger partial charge in [-0.1, -0.05) is 29.8 Å². The number of hydrogen-bond donors (Lipinski definition) is 3. The van der Waals surface area contributed by atoms with Crippen molar-refractivity contribution in [1.82, 2.24) is 24.9 Å². The first-order valence-corrected chi connectivity index (χ1v) is 9.25. The van der Waals surface area contributed by atoms with E-state index >= 15 is 0 Å². The number of carbonyl (C=O) groups excluding carboxylic acids is 1. The third-order valence-electron chi connectivity index (χ3n) is 4.74. The van der Waals surface area contributed by atoms with Gasteiger partial charge in [-0.25, -0.2) is 4.98 Å². The molecular formula is C19H19ClN6O2. The zero-order chi connectivity index (χ0) is 19.7. The van der Waals surface area contributed by atoms with Gasteiger partial charge in [0, 0.05) is 18.1 Å². The summed E-state index contributed by atoms with van der Waals surface area (Å²) >= 11 is 6.09. The highest BCUT2D eigenvalue weighted by molar-refractivity contribution is 6.28. The predicted octanol–water partition coefficient (Wildman–Crippen LogP) is 2.65. The molecule has 0 unspecified atom stereocenters. The van der Waals surface area contributed by atoms with E-state index in [-0.39, 0.29) is 29.8 Å². The van der Waals surface area contributed by atoms with Crippen LogP contribution in [0.2, 0.25) is 5.28 Å². The van der Waals surface area contributed by atoms with E-state index in [2.05, 4.69) is 25.8 Å². The largest absolute Gasteiger partial charge is 0.396 e. The Balaban J connectivity index is 1.57. The van der Waals surface area contributed by atoms with Crippen LogP contribution in [0.1, 0.15) is 28.4 Å². The van der Waals surface area contributed by atoms with Crippen molar-refractivity contribution < 1.29 is 9.90 Å². The molecule has 9 heteroatoms. The van der Waals surface area contributed by atoms with Gasteiger partial charge in [-0.15, -0.1) is 0 Å². The third kappa shape index (κ3) is 3.56. The van der Waals surface area contributed by atoms with Gasteiger partial charge in [0.1, 0.15) is 0 Å². The lowest BCUT2D eigenvalue weighted by molar-refractivity contribution is 0.0962. The Kier molecular flexibility index (Phi) is 4.97. The van der Waals surface area contributed by atoms with Gasteiger partial charge in [0.15, 0.2) is 17.0 Å². The second-order valence-corrected chi connectivity index (χ2v) is 7.08. The van der Waals surface area contributed by atoms with Crippen LogP contribution < -0.4 is 10.9 Å². The first-order chi connectivity index (χ1) is 13.5. The van der Waals surface area contributed by atoms with Gasteiger partial charge in [0.05, 0.1) is 12.4 Å². The number of aryl methyl sites for hydroxylation is 1. The van der Waals surface area contributed by atoms with E-state index in [1.54, 1.807) is 18.5 Å². The average molecular weight is 399 g/mol. The molecule has 0 aliphatic heterocycles. The molecule has 3 N–H and O–H groups in total. The summed E-state index contributed by atoms with van der Waals surface area (Å²) in [6, 6.07) is 7.25. The van der Waals surface area contributed by atoms with Gasteiger partial charge in [-0.2, -0.15) is 9.97 Å². The van der Waals surface area contributed by atoms with E-state index < -0.39 is 0 Å². The quantitative estimate of drug-likeness (QED) is 0.346. The molecule has 1 aromatic carbocycles. The molecule has 0 radical (unpaired) electrons. The maximum Gasteiger partial charge on any atom is 0.269 e. The lowest BCUT2D eigenvalue weighted by atomic mass is 10.1. The molecule has 144 valence electrons. The number of nitrogens with zero attached hydrogens (tertiary/aromatic N) is 4. The van der Waals surface area contributed by atoms with Crippen LogP contribution in [0.3, 0.4) is 0 Å². The lowest BCUT2D eigenvalue weighted by Gasteiger charge is -2.13. The van der Waals surface area contributed by atoms with Gasteiger partial charge in [0.2, 0.25) is 5.28 Å². The standard InChI is InChI=1S/C19H19ClN6O2/c1-11-2-5-13(6-3-11)18(28)25-24-16-15-17(23-19(20)22-16)26(10-21-15)14-7-4-12(8-14)9-27/h2-7,10,12,14,27H,8-9H2,1H3,(H,25,28)(H,22,23,24)/t12-,14+/m1/s1. The summed E-state index contributed by atoms with van der Waals surface area (Å²) in [7, 11) is 0. The van der Waals surface area contributed by atoms with E-state index in [1.807, 2.05) is 35.8 Å². The topological polar surface area (TPSA) is 105 Å². The first kappa shape index (κ1) is 18.4. The monoisotopic (exact) mass is 398 g/mol. The van der Waals surface area contributed by atoms with Crippen LogP contribution in [-0.2, 0) is 0 Å². The zero-order valence-electron chi connectivity index (χ0n) is 15.1. The van der Waals surface area contributed by atoms with Gasteiger partial charge >= 0.3 is 0 Å². The average Bonchev–Trinajstić information content (AvgIpc) is 3.32. The number of allylic oxidation sites excluding steroid dienone is 1. The summed E-state index contributed by atoms with van der Waals surface area (Å²) in [5.41, 5.74) is 8.05. The number of hydrogen-bond acceptors (Lipinski definition) is 6. The lowest BCUT2D eigenvalue weighted by Crippen LogP contribution is -2.30. The molecule has 2 heterocycles. The highest BCUT2D eigenvalue weighted by Crippen LogP contribution is 2.31. The molecule has 28 heavy (non-hydrogen) atoms. The molecule has 0 spiro atoms. The summed E-state index contributed by atoms with van der Waals surface area (Å²) in [6.45, 7) is 2.06. The summed E-state index contributed by atoms with van der Waals surface area (Å²) in [5.74, 6) is 0.132. The fourth-order valence-electron chi connectivity index (χ4n) is 3.21. The molecule has 1 aliphatic rings. The highest BCUT2D eigenvalue weighted by atomic mass is 35.5. The van der Waals surface area contributed by atoms with Crippen molar-refractivity contribution in [3.8, 4) is 0 Å². The number of fused-ring (bicyclic) bond motifs is 1. The number of aliphatic hydroxyl groups is 1. The molecule has 8 nitrogen and oxygen atoms in total. The van der Waals surface area contributed by atoms with Crippen LogP contribution in [0.5, 0.6) is 0 Å². The summed E-state index contributed by atoms with van der Waals surface area (Å²) in [4.78, 5) is 25.2. The molecule has 0 bridgehead atoms. The van der Waals surface area contributed by atoms with Gasteiger partial charge < -0.3 is 9.67 Å². The number of aromatic nitrogens is 4. The highest BCUT2D eigenvalue weighted by Gasteiger charge is 2.23. The number of carbonyl (C=O) groups is 1. The Bertz CT molecular complexity index is 1050. The van der Waals surface area contributed by atoms with Crippen LogP contribution in [0.15, 0.2) is 42.7 Å². The molecule has 0 saturated carbocycles. The van der Waals surface area contributed by atoms with Gasteiger partial charge in [-0.3, -0.25) is 15.6 Å². The fraction of sp³-hybridized carbons (Fsp3) is 0.263. The van der Waals surface area contributed by atoms with Crippen molar-refractivity contribution in [2.45, 2.75) is 19.4 Å². The predicted molar refractivity (Wildman–Crippen MR) is 106 cm³/mol. The maximum atomic E-state index is 12.3. The molecule has 4 rings (SSSR count). The third-order valence-corrected chi connectivity index (χ3v) is 4.91. The Hall–Kier alpha value is -2.97. The number of anilines is 1. The molecule has 0 fully saturated rings. The van der Waals surface area contributed by atoms with Crippen molar-refractivity contribution in [1.29, 1.82) is 0 Å². The van der Waals surface area contributed by atoms with Crippen LogP contribution in [0, 0.1) is 12.8 Å². The van der Waals surface area contributed by atoms with Crippen molar-refractivity contribution in [3.63, 3.8) is 0 Å². The number of rotatable bonds is 5. The number of hydrazine groups is 1. The Morgan fingerprint density at radius 1 is 1.29 bits per heavy atom. The number of amides is 1. The SMILES string of the molecule is Cc1ccc(C(=O)NNc2nc(Cl)nc3c2ncn3[C@H]2C=C[C@@H](CO)C2)cc1. The molecule has 2 atom stereocenters. The Labute approximate surface area is 166 Å². The van der Waals surface area contributed by atoms with Gasteiger partial charge in [0.25, 0.3) is 5.91 Å². The molecule has 3 aromatic rings. The zero-order valence-corrected chi connectivity index (χ0v) is 15.9. The van der Waals surface area contributed by atoms with E-state index in [9.17, 15) is 9.90 Å². The molecule has 1 amide bonds. The minimum absolute atomic E-state index is 0.0307. The number of nitrogens with one attached hydrogen (secondary N) is 2. The summed E-state index contributed by atoms with van der Waals surface area (Å²) in [6.07, 6.45) is 6.43. The number of imidazole rings is 1. The number of aliphatic hydroxyl groups excluding tert-OH is 1. The van der Waals surface area contributed by atoms with Crippen LogP contribution in [0.4, 0.5) is 5.82 Å². The minimum atomic E-state index is -0.299. The van der Waals surface area contributed by atoms with E-state index in [0.29, 0.717) is 22.5 Å². The van der Waals surface area contributed by atoms with E-state index in [4.69, 9.17) is 11.6 Å². The Morgan fingerprint density at radius 2 is 2.07 bits per heavy atom. The van der Waals surface area contributed by atoms with Crippen molar-refractivity contribution in [3.05, 3.63) is 59.2 Å². The minimum Gasteiger partial charge on any atom is -0.396 e. The maximum absolute atomic E-state index is 12.3. The second-order valence-electron chi connectivity index (χ2n) is 6.74. The summed E-state index contributed by atoms with van der Waals surface area (Å²) < 4.78 is 1.89. The second kappa shape index (κ2) is 7.57. The normalized spacial score (nSPS) is 18.5. The first-order valence-electron chi connectivity index (χ1n) is 8.87. The molecule has 0 saturated heterocycles. The number of benzene rings is 1. The smallest absolute Gasteiger partial charge is 0.269 e. The van der Waals surface area contributed by atoms with Crippen LogP contribution in [0.25, 0.3) is 11.2 Å². The van der Waals surface area contributed by atoms with Gasteiger partial charge in [-0.05, 0) is 37.1 Å². The molecular weight excluding hydrogens is 380 g/mol.